The van der Waals surface area contributed by atoms with Crippen LogP contribution < -0.4 is 18.9 Å². The highest BCUT2D eigenvalue weighted by Crippen LogP contribution is 2.39. The molecule has 156 valence electrons. The van der Waals surface area contributed by atoms with Gasteiger partial charge >= 0.3 is 0 Å². The van der Waals surface area contributed by atoms with Crippen LogP contribution in [0.4, 0.5) is 0 Å². The van der Waals surface area contributed by atoms with Gasteiger partial charge in [-0.25, -0.2) is 0 Å². The van der Waals surface area contributed by atoms with Gasteiger partial charge in [0.2, 0.25) is 11.7 Å². The first-order valence-corrected chi connectivity index (χ1v) is 9.83. The second-order valence-electron chi connectivity index (χ2n) is 7.05. The fraction of sp³-hybridized carbons (Fsp3) is 0.435. The molecule has 2 aromatic rings. The van der Waals surface area contributed by atoms with Crippen LogP contribution in [0, 0.1) is 0 Å². The van der Waals surface area contributed by atoms with E-state index in [2.05, 4.69) is 0 Å². The Morgan fingerprint density at radius 3 is 2.17 bits per heavy atom. The lowest BCUT2D eigenvalue weighted by atomic mass is 10.0. The Morgan fingerprint density at radius 1 is 0.966 bits per heavy atom. The Hall–Kier alpha value is -2.89. The summed E-state index contributed by atoms with van der Waals surface area (Å²) in [5.41, 5.74) is 2.14. The number of hydrogen-bond acceptors (Lipinski definition) is 5. The summed E-state index contributed by atoms with van der Waals surface area (Å²) in [6.45, 7) is 0.796. The van der Waals surface area contributed by atoms with Gasteiger partial charge in [0, 0.05) is 13.0 Å². The van der Waals surface area contributed by atoms with Gasteiger partial charge in [-0.15, -0.1) is 0 Å². The van der Waals surface area contributed by atoms with Crippen LogP contribution in [0.25, 0.3) is 0 Å². The molecule has 1 amide bonds. The third-order valence-corrected chi connectivity index (χ3v) is 5.43. The Bertz CT molecular complexity index is 809. The van der Waals surface area contributed by atoms with E-state index in [1.165, 1.54) is 0 Å². The first-order valence-electron chi connectivity index (χ1n) is 9.83. The molecular formula is C23H29NO5. The second kappa shape index (κ2) is 9.54. The molecule has 0 saturated carbocycles. The van der Waals surface area contributed by atoms with Crippen molar-refractivity contribution >= 4 is 5.91 Å². The number of nitrogens with zero attached hydrogens (tertiary/aromatic N) is 1. The highest BCUT2D eigenvalue weighted by atomic mass is 16.5. The maximum Gasteiger partial charge on any atom is 0.223 e. The third-order valence-electron chi connectivity index (χ3n) is 5.43. The van der Waals surface area contributed by atoms with Gasteiger partial charge in [-0.1, -0.05) is 12.1 Å². The summed E-state index contributed by atoms with van der Waals surface area (Å²) >= 11 is 0. The maximum absolute atomic E-state index is 13.0. The highest BCUT2D eigenvalue weighted by molar-refractivity contribution is 5.77. The lowest BCUT2D eigenvalue weighted by Gasteiger charge is -2.25. The molecule has 29 heavy (non-hydrogen) atoms. The summed E-state index contributed by atoms with van der Waals surface area (Å²) in [5, 5.41) is 0. The van der Waals surface area contributed by atoms with Gasteiger partial charge in [0.25, 0.3) is 0 Å². The molecule has 0 unspecified atom stereocenters. The van der Waals surface area contributed by atoms with Crippen LogP contribution in [0.2, 0.25) is 0 Å². The Kier molecular flexibility index (Phi) is 6.86. The van der Waals surface area contributed by atoms with E-state index in [0.29, 0.717) is 30.1 Å². The number of carbonyl (C=O) groups is 1. The van der Waals surface area contributed by atoms with Gasteiger partial charge in [0.15, 0.2) is 11.5 Å². The van der Waals surface area contributed by atoms with Crippen molar-refractivity contribution in [3.63, 3.8) is 0 Å². The van der Waals surface area contributed by atoms with Gasteiger partial charge in [-0.3, -0.25) is 4.79 Å². The zero-order valence-corrected chi connectivity index (χ0v) is 17.6. The standard InChI is InChI=1S/C23H29NO5/c1-26-18-10-8-17(9-11-18)19-6-5-13-24(19)22(25)12-7-16-14-20(27-2)23(29-4)21(15-16)28-3/h8-11,14-15,19H,5-7,12-13H2,1-4H3/t19-/m1/s1. The molecule has 6 heteroatoms. The second-order valence-corrected chi connectivity index (χ2v) is 7.05. The quantitative estimate of drug-likeness (QED) is 0.671. The molecule has 1 heterocycles. The van der Waals surface area contributed by atoms with Gasteiger partial charge < -0.3 is 23.8 Å². The van der Waals surface area contributed by atoms with E-state index in [1.54, 1.807) is 28.4 Å². The van der Waals surface area contributed by atoms with Crippen molar-refractivity contribution in [2.75, 3.05) is 35.0 Å². The number of benzene rings is 2. The zero-order chi connectivity index (χ0) is 20.8. The van der Waals surface area contributed by atoms with E-state index in [1.807, 2.05) is 41.3 Å². The average molecular weight is 399 g/mol. The van der Waals surface area contributed by atoms with Crippen LogP contribution >= 0.6 is 0 Å². The van der Waals surface area contributed by atoms with E-state index in [0.717, 1.165) is 36.3 Å². The topological polar surface area (TPSA) is 57.2 Å². The average Bonchev–Trinajstić information content (AvgIpc) is 3.26. The molecule has 0 bridgehead atoms. The van der Waals surface area contributed by atoms with E-state index in [-0.39, 0.29) is 11.9 Å². The van der Waals surface area contributed by atoms with Crippen LogP contribution in [0.3, 0.4) is 0 Å². The first-order chi connectivity index (χ1) is 14.1. The number of ether oxygens (including phenoxy) is 4. The molecule has 3 rings (SSSR count). The van der Waals surface area contributed by atoms with Gasteiger partial charge in [-0.05, 0) is 54.7 Å². The minimum absolute atomic E-state index is 0.133. The summed E-state index contributed by atoms with van der Waals surface area (Å²) in [6, 6.07) is 11.9. The normalized spacial score (nSPS) is 15.9. The predicted molar refractivity (Wildman–Crippen MR) is 111 cm³/mol. The number of methoxy groups -OCH3 is 4. The van der Waals surface area contributed by atoms with E-state index in [9.17, 15) is 4.79 Å². The van der Waals surface area contributed by atoms with Crippen LogP contribution in [-0.4, -0.2) is 45.8 Å². The third kappa shape index (κ3) is 4.58. The van der Waals surface area contributed by atoms with Crippen LogP contribution in [0.15, 0.2) is 36.4 Å². The monoisotopic (exact) mass is 399 g/mol. The highest BCUT2D eigenvalue weighted by Gasteiger charge is 2.29. The van der Waals surface area contributed by atoms with Crippen LogP contribution in [0.1, 0.15) is 36.4 Å². The molecule has 1 fully saturated rings. The smallest absolute Gasteiger partial charge is 0.223 e. The summed E-state index contributed by atoms with van der Waals surface area (Å²) in [5.74, 6) is 2.76. The lowest BCUT2D eigenvalue weighted by Crippen LogP contribution is -2.30. The number of carbonyl (C=O) groups excluding carboxylic acids is 1. The number of hydrogen-bond donors (Lipinski definition) is 0. The van der Waals surface area contributed by atoms with Crippen molar-refractivity contribution < 1.29 is 23.7 Å². The molecule has 1 saturated heterocycles. The summed E-state index contributed by atoms with van der Waals surface area (Å²) < 4.78 is 21.4. The summed E-state index contributed by atoms with van der Waals surface area (Å²) in [4.78, 5) is 15.0. The van der Waals surface area contributed by atoms with E-state index >= 15 is 0 Å². The predicted octanol–water partition coefficient (Wildman–Crippen LogP) is 4.02. The molecule has 0 aromatic heterocycles. The minimum atomic E-state index is 0.133. The van der Waals surface area contributed by atoms with Crippen molar-refractivity contribution in [3.05, 3.63) is 47.5 Å². The molecule has 1 aliphatic heterocycles. The number of aryl methyl sites for hydroxylation is 1. The number of rotatable bonds is 8. The van der Waals surface area contributed by atoms with Crippen molar-refractivity contribution in [1.82, 2.24) is 4.90 Å². The SMILES string of the molecule is COc1ccc([C@H]2CCCN2C(=O)CCc2cc(OC)c(OC)c(OC)c2)cc1. The zero-order valence-electron chi connectivity index (χ0n) is 17.6. The van der Waals surface area contributed by atoms with Gasteiger partial charge in [-0.2, -0.15) is 0 Å². The van der Waals surface area contributed by atoms with Crippen LogP contribution in [0.5, 0.6) is 23.0 Å². The minimum Gasteiger partial charge on any atom is -0.497 e. The van der Waals surface area contributed by atoms with Gasteiger partial charge in [0.1, 0.15) is 5.75 Å². The molecule has 0 spiro atoms. The Labute approximate surface area is 172 Å². The van der Waals surface area contributed by atoms with E-state index in [4.69, 9.17) is 18.9 Å². The molecular weight excluding hydrogens is 370 g/mol. The molecule has 0 aliphatic carbocycles. The molecule has 6 nitrogen and oxygen atoms in total. The largest absolute Gasteiger partial charge is 0.497 e. The van der Waals surface area contributed by atoms with Crippen molar-refractivity contribution in [1.29, 1.82) is 0 Å². The Balaban J connectivity index is 1.69. The molecule has 1 atom stereocenters. The van der Waals surface area contributed by atoms with Gasteiger partial charge in [0.05, 0.1) is 34.5 Å². The summed E-state index contributed by atoms with van der Waals surface area (Å²) in [6.07, 6.45) is 3.06. The summed E-state index contributed by atoms with van der Waals surface area (Å²) in [7, 11) is 6.42. The number of likely N-dealkylation sites (tertiary alicyclic amines) is 1. The molecule has 2 aromatic carbocycles. The molecule has 0 N–H and O–H groups in total. The van der Waals surface area contributed by atoms with Crippen molar-refractivity contribution in [2.24, 2.45) is 0 Å². The lowest BCUT2D eigenvalue weighted by molar-refractivity contribution is -0.132. The maximum atomic E-state index is 13.0. The molecule has 0 radical (unpaired) electrons. The van der Waals surface area contributed by atoms with Crippen molar-refractivity contribution in [2.45, 2.75) is 31.7 Å². The van der Waals surface area contributed by atoms with Crippen molar-refractivity contribution in [3.8, 4) is 23.0 Å². The fourth-order valence-corrected chi connectivity index (χ4v) is 3.91. The molecule has 1 aliphatic rings. The fourth-order valence-electron chi connectivity index (χ4n) is 3.91. The van der Waals surface area contributed by atoms with Crippen LogP contribution in [-0.2, 0) is 11.2 Å². The van der Waals surface area contributed by atoms with E-state index < -0.39 is 0 Å². The Morgan fingerprint density at radius 2 is 1.62 bits per heavy atom. The first kappa shape index (κ1) is 20.8. The number of amides is 1.